The maximum absolute atomic E-state index is 4.93. The van der Waals surface area contributed by atoms with E-state index in [-0.39, 0.29) is 0 Å². The van der Waals surface area contributed by atoms with E-state index in [2.05, 4.69) is 91.0 Å². The molecule has 26 heavy (non-hydrogen) atoms. The third-order valence-electron chi connectivity index (χ3n) is 3.23. The summed E-state index contributed by atoms with van der Waals surface area (Å²) in [6.45, 7) is 17.7. The van der Waals surface area contributed by atoms with Gasteiger partial charge in [-0.25, -0.2) is 12.1 Å². The van der Waals surface area contributed by atoms with Crippen LogP contribution in [0.15, 0.2) is 36.4 Å². The van der Waals surface area contributed by atoms with E-state index < -0.39 is 20.8 Å². The third-order valence-corrected chi connectivity index (χ3v) is 3.23. The molecule has 0 saturated carbocycles. The van der Waals surface area contributed by atoms with Crippen LogP contribution in [0.2, 0.25) is 13.1 Å². The number of hydrogen-bond acceptors (Lipinski definition) is 0. The first-order valence-electron chi connectivity index (χ1n) is 9.34. The molecule has 0 aliphatic carbocycles. The fourth-order valence-corrected chi connectivity index (χ4v) is 2.45. The molecule has 1 radical (unpaired) electrons. The van der Waals surface area contributed by atoms with Crippen LogP contribution in [0, 0.1) is 25.7 Å². The van der Waals surface area contributed by atoms with Crippen LogP contribution < -0.4 is 0 Å². The van der Waals surface area contributed by atoms with Crippen molar-refractivity contribution in [3.63, 3.8) is 0 Å². The van der Waals surface area contributed by atoms with Gasteiger partial charge in [-0.05, 0) is 0 Å². The van der Waals surface area contributed by atoms with Crippen LogP contribution in [0.5, 0.6) is 0 Å². The quantitative estimate of drug-likeness (QED) is 0.303. The molecular formula is C22H37Cl2SiZr. The summed E-state index contributed by atoms with van der Waals surface area (Å²) >= 11 is -0.826. The zero-order valence-corrected chi connectivity index (χ0v) is 23.0. The molecule has 0 unspecified atom stereocenters. The molecule has 4 heteroatoms. The van der Waals surface area contributed by atoms with Gasteiger partial charge in [-0.15, -0.1) is 0 Å². The van der Waals surface area contributed by atoms with Gasteiger partial charge in [0.15, 0.2) is 0 Å². The van der Waals surface area contributed by atoms with Gasteiger partial charge in [0.2, 0.25) is 0 Å². The third kappa shape index (κ3) is 19.2. The normalized spacial score (nSPS) is 9.38. The van der Waals surface area contributed by atoms with E-state index in [1.165, 1.54) is 35.1 Å². The van der Waals surface area contributed by atoms with E-state index >= 15 is 0 Å². The second kappa shape index (κ2) is 18.7. The Morgan fingerprint density at radius 1 is 0.846 bits per heavy atom. The van der Waals surface area contributed by atoms with Crippen molar-refractivity contribution in [1.82, 2.24) is 0 Å². The Bertz CT molecular complexity index is 481. The topological polar surface area (TPSA) is 0 Å². The molecule has 0 saturated heterocycles. The Labute approximate surface area is 184 Å². The molecule has 0 aliphatic rings. The minimum atomic E-state index is -0.826. The van der Waals surface area contributed by atoms with Gasteiger partial charge < -0.3 is 0 Å². The molecule has 0 fully saturated rings. The molecule has 0 atom stereocenters. The zero-order chi connectivity index (χ0) is 20.5. The predicted octanol–water partition coefficient (Wildman–Crippen LogP) is 7.72. The van der Waals surface area contributed by atoms with E-state index in [1.54, 1.807) is 0 Å². The van der Waals surface area contributed by atoms with Gasteiger partial charge >= 0.3 is 37.9 Å². The van der Waals surface area contributed by atoms with Gasteiger partial charge in [0.25, 0.3) is 0 Å². The van der Waals surface area contributed by atoms with Crippen LogP contribution in [-0.4, -0.2) is 9.52 Å². The fourth-order valence-electron chi connectivity index (χ4n) is 2.45. The molecule has 2 aromatic rings. The molecule has 2 rings (SSSR count). The molecule has 0 N–H and O–H groups in total. The van der Waals surface area contributed by atoms with Crippen LogP contribution >= 0.6 is 17.0 Å². The van der Waals surface area contributed by atoms with E-state index in [4.69, 9.17) is 17.0 Å². The SMILES string of the molecule is C[SiH]C.Cc1cc(CC(C)C)c[cH-]1.Cc1cc(CC(C)C)c[cH-]1.[Cl][Zr+2][Cl]. The van der Waals surface area contributed by atoms with Gasteiger partial charge in [0.1, 0.15) is 0 Å². The summed E-state index contributed by atoms with van der Waals surface area (Å²) in [5.74, 6) is 1.56. The molecule has 147 valence electrons. The Morgan fingerprint density at radius 3 is 1.27 bits per heavy atom. The molecule has 0 heterocycles. The molecule has 0 bridgehead atoms. The molecule has 2 aromatic carbocycles. The summed E-state index contributed by atoms with van der Waals surface area (Å²) in [4.78, 5) is 0. The predicted molar refractivity (Wildman–Crippen MR) is 121 cm³/mol. The van der Waals surface area contributed by atoms with Crippen LogP contribution in [0.3, 0.4) is 0 Å². The molecule has 0 spiro atoms. The van der Waals surface area contributed by atoms with Gasteiger partial charge in [-0.3, -0.25) is 0 Å². The summed E-state index contributed by atoms with van der Waals surface area (Å²) in [7, 11) is 10.6. The summed E-state index contributed by atoms with van der Waals surface area (Å²) in [5, 5.41) is 0. The van der Waals surface area contributed by atoms with Gasteiger partial charge in [0, 0.05) is 9.52 Å². The van der Waals surface area contributed by atoms with Crippen molar-refractivity contribution < 1.29 is 20.8 Å². The van der Waals surface area contributed by atoms with Crippen molar-refractivity contribution >= 4 is 26.5 Å². The van der Waals surface area contributed by atoms with Crippen molar-refractivity contribution in [3.05, 3.63) is 58.7 Å². The monoisotopic (exact) mass is 489 g/mol. The van der Waals surface area contributed by atoms with Crippen LogP contribution in [0.25, 0.3) is 0 Å². The van der Waals surface area contributed by atoms with Crippen molar-refractivity contribution in [2.24, 2.45) is 11.8 Å². The molecule has 0 aromatic heterocycles. The molecule has 0 amide bonds. The van der Waals surface area contributed by atoms with Gasteiger partial charge in [0.05, 0.1) is 0 Å². The molecular weight excluding hydrogens is 454 g/mol. The van der Waals surface area contributed by atoms with Crippen molar-refractivity contribution in [2.75, 3.05) is 0 Å². The second-order valence-corrected chi connectivity index (χ2v) is 12.3. The van der Waals surface area contributed by atoms with Crippen molar-refractivity contribution in [1.29, 1.82) is 0 Å². The van der Waals surface area contributed by atoms with E-state index in [1.807, 2.05) is 0 Å². The maximum atomic E-state index is 4.93. The summed E-state index contributed by atoms with van der Waals surface area (Å²) in [6.07, 6.45) is 2.43. The van der Waals surface area contributed by atoms with E-state index in [0.717, 1.165) is 21.4 Å². The van der Waals surface area contributed by atoms with E-state index in [9.17, 15) is 0 Å². The minimum absolute atomic E-state index is 0.750. The summed E-state index contributed by atoms with van der Waals surface area (Å²) in [5.41, 5.74) is 5.73. The number of halogens is 2. The average molecular weight is 492 g/mol. The first-order chi connectivity index (χ1) is 12.2. The summed E-state index contributed by atoms with van der Waals surface area (Å²) < 4.78 is 0. The molecule has 0 nitrogen and oxygen atoms in total. The Kier molecular flexibility index (Phi) is 20.6. The zero-order valence-electron chi connectivity index (χ0n) is 17.9. The van der Waals surface area contributed by atoms with Crippen LogP contribution in [0.1, 0.15) is 49.9 Å². The summed E-state index contributed by atoms with van der Waals surface area (Å²) in [6, 6.07) is 13.3. The van der Waals surface area contributed by atoms with Crippen LogP contribution in [0.4, 0.5) is 0 Å². The second-order valence-electron chi connectivity index (χ2n) is 7.44. The Hall–Kier alpha value is 0.380. The average Bonchev–Trinajstić information content (AvgIpc) is 3.09. The Balaban J connectivity index is 0. The van der Waals surface area contributed by atoms with Crippen molar-refractivity contribution in [2.45, 2.75) is 67.5 Å². The number of aryl methyl sites for hydroxylation is 2. The van der Waals surface area contributed by atoms with Gasteiger partial charge in [-0.1, -0.05) is 79.3 Å². The fraction of sp³-hybridized carbons (Fsp3) is 0.545. The van der Waals surface area contributed by atoms with Crippen molar-refractivity contribution in [3.8, 4) is 0 Å². The first kappa shape index (κ1) is 28.6. The standard InChI is InChI=1S/2C10H15.C2H7Si.2ClH.Zr/c2*1-8(2)6-10-5-4-9(3)7-10;1-3-2;;;/h2*4-5,7-8H,6H2,1-3H3;3H,1-2H3;2*1H;/q2*-1;;;;+4/p-2. The number of rotatable bonds is 4. The first-order valence-corrected chi connectivity index (χ1v) is 18.0. The van der Waals surface area contributed by atoms with Gasteiger partial charge in [-0.2, -0.15) is 46.5 Å². The Morgan fingerprint density at radius 2 is 1.12 bits per heavy atom. The van der Waals surface area contributed by atoms with E-state index in [0.29, 0.717) is 0 Å². The number of hydrogen-bond donors (Lipinski definition) is 0. The molecule has 0 aliphatic heterocycles. The van der Waals surface area contributed by atoms with Crippen LogP contribution in [-0.2, 0) is 33.7 Å².